The number of hydrogen-bond donors (Lipinski definition) is 1. The molecule has 2 nitrogen and oxygen atoms in total. The van der Waals surface area contributed by atoms with Gasteiger partial charge in [0.25, 0.3) is 0 Å². The second kappa shape index (κ2) is 9.11. The van der Waals surface area contributed by atoms with Gasteiger partial charge >= 0.3 is 0 Å². The Morgan fingerprint density at radius 1 is 1.16 bits per heavy atom. The lowest BCUT2D eigenvalue weighted by Crippen LogP contribution is -2.30. The predicted octanol–water partition coefficient (Wildman–Crippen LogP) is 3.44. The molecule has 0 fully saturated rings. The first kappa shape index (κ1) is 16.2. The molecule has 0 spiro atoms. The highest BCUT2D eigenvalue weighted by atomic mass is 16.5. The maximum Gasteiger partial charge on any atom is 0.0509 e. The minimum absolute atomic E-state index is 0.555. The average Bonchev–Trinajstić information content (AvgIpc) is 2.37. The maximum atomic E-state index is 5.63. The lowest BCUT2D eigenvalue weighted by molar-refractivity contribution is 0.109. The summed E-state index contributed by atoms with van der Waals surface area (Å²) in [6, 6.07) is 8.65. The Bertz CT molecular complexity index is 349. The fourth-order valence-electron chi connectivity index (χ4n) is 2.20. The van der Waals surface area contributed by atoms with E-state index in [2.05, 4.69) is 57.3 Å². The van der Waals surface area contributed by atoms with Crippen LogP contribution in [0.1, 0.15) is 31.9 Å². The molecule has 0 heterocycles. The van der Waals surface area contributed by atoms with Crippen molar-refractivity contribution in [1.29, 1.82) is 0 Å². The molecule has 0 saturated carbocycles. The number of hydrogen-bond acceptors (Lipinski definition) is 2. The van der Waals surface area contributed by atoms with Gasteiger partial charge in [0.2, 0.25) is 0 Å². The van der Waals surface area contributed by atoms with Crippen LogP contribution in [0, 0.1) is 18.8 Å². The van der Waals surface area contributed by atoms with Gasteiger partial charge in [-0.2, -0.15) is 0 Å². The van der Waals surface area contributed by atoms with Crippen LogP contribution in [0.15, 0.2) is 24.3 Å². The zero-order valence-corrected chi connectivity index (χ0v) is 12.9. The topological polar surface area (TPSA) is 21.3 Å². The van der Waals surface area contributed by atoms with Crippen molar-refractivity contribution in [2.45, 2.75) is 34.1 Å². The number of rotatable bonds is 9. The van der Waals surface area contributed by atoms with Crippen molar-refractivity contribution in [2.75, 3.05) is 26.3 Å². The van der Waals surface area contributed by atoms with Crippen molar-refractivity contribution in [2.24, 2.45) is 11.8 Å². The highest BCUT2D eigenvalue weighted by molar-refractivity contribution is 5.25. The van der Waals surface area contributed by atoms with E-state index >= 15 is 0 Å². The Morgan fingerprint density at radius 2 is 1.89 bits per heavy atom. The highest BCUT2D eigenvalue weighted by Gasteiger charge is 2.11. The van der Waals surface area contributed by atoms with Crippen LogP contribution in [-0.2, 0) is 11.2 Å². The minimum atomic E-state index is 0.555. The van der Waals surface area contributed by atoms with Gasteiger partial charge in [-0.05, 0) is 49.8 Å². The fraction of sp³-hybridized carbons (Fsp3) is 0.647. The molecule has 2 heteroatoms. The van der Waals surface area contributed by atoms with Crippen LogP contribution in [0.2, 0.25) is 0 Å². The van der Waals surface area contributed by atoms with E-state index in [9.17, 15) is 0 Å². The van der Waals surface area contributed by atoms with E-state index in [0.29, 0.717) is 11.8 Å². The summed E-state index contributed by atoms with van der Waals surface area (Å²) in [6.07, 6.45) is 1.10. The number of nitrogens with one attached hydrogen (secondary N) is 1. The van der Waals surface area contributed by atoms with Crippen molar-refractivity contribution in [3.63, 3.8) is 0 Å². The number of aryl methyl sites for hydroxylation is 1. The zero-order valence-electron chi connectivity index (χ0n) is 12.9. The summed E-state index contributed by atoms with van der Waals surface area (Å²) in [5.74, 6) is 1.26. The van der Waals surface area contributed by atoms with Crippen molar-refractivity contribution in [1.82, 2.24) is 5.32 Å². The molecule has 0 bridgehead atoms. The molecular formula is C17H29NO. The molecule has 1 unspecified atom stereocenters. The summed E-state index contributed by atoms with van der Waals surface area (Å²) in [5.41, 5.74) is 2.83. The Kier molecular flexibility index (Phi) is 7.76. The van der Waals surface area contributed by atoms with Gasteiger partial charge in [0, 0.05) is 13.2 Å². The Morgan fingerprint density at radius 3 is 2.53 bits per heavy atom. The molecule has 1 rings (SSSR count). The third-order valence-corrected chi connectivity index (χ3v) is 3.31. The summed E-state index contributed by atoms with van der Waals surface area (Å²) < 4.78 is 5.63. The lowest BCUT2D eigenvalue weighted by Gasteiger charge is -2.19. The van der Waals surface area contributed by atoms with Gasteiger partial charge in [0.05, 0.1) is 6.61 Å². The molecule has 1 atom stereocenters. The SMILES string of the molecule is CCOCC(CNCC(C)C)Cc1ccccc1C. The molecule has 1 aromatic rings. The second-order valence-corrected chi connectivity index (χ2v) is 5.71. The lowest BCUT2D eigenvalue weighted by atomic mass is 9.96. The van der Waals surface area contributed by atoms with Crippen LogP contribution < -0.4 is 5.32 Å². The van der Waals surface area contributed by atoms with Gasteiger partial charge in [-0.1, -0.05) is 38.1 Å². The van der Waals surface area contributed by atoms with E-state index in [1.807, 2.05) is 0 Å². The molecule has 19 heavy (non-hydrogen) atoms. The Labute approximate surface area is 118 Å². The van der Waals surface area contributed by atoms with E-state index in [-0.39, 0.29) is 0 Å². The fourth-order valence-corrected chi connectivity index (χ4v) is 2.20. The Hall–Kier alpha value is -0.860. The van der Waals surface area contributed by atoms with Gasteiger partial charge in [-0.15, -0.1) is 0 Å². The van der Waals surface area contributed by atoms with E-state index in [0.717, 1.165) is 32.7 Å². The first-order valence-electron chi connectivity index (χ1n) is 7.46. The first-order valence-corrected chi connectivity index (χ1v) is 7.46. The average molecular weight is 263 g/mol. The van der Waals surface area contributed by atoms with E-state index in [4.69, 9.17) is 4.74 Å². The van der Waals surface area contributed by atoms with Gasteiger partial charge < -0.3 is 10.1 Å². The quantitative estimate of drug-likeness (QED) is 0.737. The van der Waals surface area contributed by atoms with Crippen LogP contribution in [0.3, 0.4) is 0 Å². The molecule has 0 aliphatic heterocycles. The molecule has 108 valence electrons. The third kappa shape index (κ3) is 6.74. The van der Waals surface area contributed by atoms with Gasteiger partial charge in [-0.3, -0.25) is 0 Å². The molecule has 0 radical (unpaired) electrons. The minimum Gasteiger partial charge on any atom is -0.381 e. The largest absolute Gasteiger partial charge is 0.381 e. The van der Waals surface area contributed by atoms with Crippen LogP contribution in [0.5, 0.6) is 0 Å². The van der Waals surface area contributed by atoms with Crippen LogP contribution in [0.4, 0.5) is 0 Å². The monoisotopic (exact) mass is 263 g/mol. The van der Waals surface area contributed by atoms with E-state index in [1.54, 1.807) is 0 Å². The maximum absolute atomic E-state index is 5.63. The molecule has 1 aromatic carbocycles. The predicted molar refractivity (Wildman–Crippen MR) is 82.6 cm³/mol. The summed E-state index contributed by atoms with van der Waals surface area (Å²) in [5, 5.41) is 3.55. The normalized spacial score (nSPS) is 12.9. The molecule has 0 aliphatic rings. The molecular weight excluding hydrogens is 234 g/mol. The van der Waals surface area contributed by atoms with Crippen LogP contribution in [0.25, 0.3) is 0 Å². The van der Waals surface area contributed by atoms with Gasteiger partial charge in [0.15, 0.2) is 0 Å². The molecule has 0 amide bonds. The number of ether oxygens (including phenoxy) is 1. The van der Waals surface area contributed by atoms with Crippen molar-refractivity contribution < 1.29 is 4.74 Å². The zero-order chi connectivity index (χ0) is 14.1. The molecule has 0 aliphatic carbocycles. The highest BCUT2D eigenvalue weighted by Crippen LogP contribution is 2.13. The Balaban J connectivity index is 2.51. The summed E-state index contributed by atoms with van der Waals surface area (Å²) >= 11 is 0. The molecule has 1 N–H and O–H groups in total. The van der Waals surface area contributed by atoms with Crippen LogP contribution >= 0.6 is 0 Å². The molecule has 0 saturated heterocycles. The number of benzene rings is 1. The first-order chi connectivity index (χ1) is 9.13. The third-order valence-electron chi connectivity index (χ3n) is 3.31. The summed E-state index contributed by atoms with van der Waals surface area (Å²) in [4.78, 5) is 0. The molecule has 0 aromatic heterocycles. The van der Waals surface area contributed by atoms with Crippen molar-refractivity contribution in [3.05, 3.63) is 35.4 Å². The van der Waals surface area contributed by atoms with Crippen molar-refractivity contribution >= 4 is 0 Å². The van der Waals surface area contributed by atoms with E-state index < -0.39 is 0 Å². The van der Waals surface area contributed by atoms with Gasteiger partial charge in [0.1, 0.15) is 0 Å². The van der Waals surface area contributed by atoms with Crippen LogP contribution in [-0.4, -0.2) is 26.3 Å². The van der Waals surface area contributed by atoms with Crippen molar-refractivity contribution in [3.8, 4) is 0 Å². The van der Waals surface area contributed by atoms with E-state index in [1.165, 1.54) is 11.1 Å². The smallest absolute Gasteiger partial charge is 0.0509 e. The summed E-state index contributed by atoms with van der Waals surface area (Å²) in [7, 11) is 0. The van der Waals surface area contributed by atoms with Gasteiger partial charge in [-0.25, -0.2) is 0 Å². The standard InChI is InChI=1S/C17H29NO/c1-5-19-13-16(12-18-11-14(2)3)10-17-9-7-6-8-15(17)4/h6-9,14,16,18H,5,10-13H2,1-4H3. The summed E-state index contributed by atoms with van der Waals surface area (Å²) in [6.45, 7) is 12.5. The second-order valence-electron chi connectivity index (χ2n) is 5.71.